The van der Waals surface area contributed by atoms with Gasteiger partial charge in [0.05, 0.1) is 11.3 Å². The summed E-state index contributed by atoms with van der Waals surface area (Å²) in [6.07, 6.45) is -4.18. The van der Waals surface area contributed by atoms with Gasteiger partial charge >= 0.3 is 6.18 Å². The number of rotatable bonds is 4. The van der Waals surface area contributed by atoms with Crippen LogP contribution in [0.15, 0.2) is 42.5 Å². The van der Waals surface area contributed by atoms with Gasteiger partial charge in [0, 0.05) is 29.7 Å². The molecule has 0 N–H and O–H groups in total. The highest BCUT2D eigenvalue weighted by Gasteiger charge is 2.31. The summed E-state index contributed by atoms with van der Waals surface area (Å²) in [6, 6.07) is 7.21. The summed E-state index contributed by atoms with van der Waals surface area (Å²) in [5.41, 5.74) is -0.385. The van der Waals surface area contributed by atoms with Crippen LogP contribution in [0, 0.1) is 11.6 Å². The molecule has 3 nitrogen and oxygen atoms in total. The van der Waals surface area contributed by atoms with E-state index in [1.54, 1.807) is 0 Å². The topological polar surface area (TPSA) is 37.4 Å². The molecule has 10 heteroatoms. The van der Waals surface area contributed by atoms with Crippen molar-refractivity contribution in [1.82, 2.24) is 4.31 Å². The Bertz CT molecular complexity index is 962. The second-order valence-electron chi connectivity index (χ2n) is 6.66. The van der Waals surface area contributed by atoms with Gasteiger partial charge in [-0.05, 0) is 42.3 Å². The number of halogens is 5. The second kappa shape index (κ2) is 8.61. The molecule has 1 heterocycles. The molecular weight excluding hydrogens is 433 g/mol. The van der Waals surface area contributed by atoms with Crippen molar-refractivity contribution in [1.29, 1.82) is 0 Å². The Kier molecular flexibility index (Phi) is 6.54. The van der Waals surface area contributed by atoms with Crippen LogP contribution in [0.25, 0.3) is 0 Å². The van der Waals surface area contributed by atoms with Crippen molar-refractivity contribution in [2.45, 2.75) is 23.6 Å². The van der Waals surface area contributed by atoms with E-state index < -0.39 is 39.2 Å². The van der Waals surface area contributed by atoms with E-state index in [1.165, 1.54) is 16.1 Å². The highest BCUT2D eigenvalue weighted by atomic mass is 32.2. The molecule has 2 aromatic rings. The van der Waals surface area contributed by atoms with Gasteiger partial charge in [0.15, 0.2) is 0 Å². The second-order valence-corrected chi connectivity index (χ2v) is 9.94. The van der Waals surface area contributed by atoms with Gasteiger partial charge in [-0.15, -0.1) is 0 Å². The van der Waals surface area contributed by atoms with E-state index in [0.717, 1.165) is 42.5 Å². The minimum Gasteiger partial charge on any atom is -0.212 e. The minimum absolute atomic E-state index is 0.122. The van der Waals surface area contributed by atoms with Crippen molar-refractivity contribution in [3.63, 3.8) is 0 Å². The van der Waals surface area contributed by atoms with E-state index in [2.05, 4.69) is 0 Å². The standard InChI is InChI=1S/C19H18F5NO2S2/c20-15-5-6-17(21)16(11-15)18-7-8-25(9-10-28-18)29(26,27)12-13-1-3-14(4-2-13)19(22,23)24/h1-6,11,18H,7-10,12H2. The number of hydrogen-bond donors (Lipinski definition) is 0. The Morgan fingerprint density at radius 2 is 1.72 bits per heavy atom. The predicted molar refractivity (Wildman–Crippen MR) is 102 cm³/mol. The number of alkyl halides is 3. The molecule has 0 aliphatic carbocycles. The summed E-state index contributed by atoms with van der Waals surface area (Å²) >= 11 is 1.35. The first-order valence-corrected chi connectivity index (χ1v) is 11.4. The SMILES string of the molecule is O=S(=O)(Cc1ccc(C(F)(F)F)cc1)N1CCSC(c2cc(F)ccc2F)CC1. The van der Waals surface area contributed by atoms with Gasteiger partial charge in [0.25, 0.3) is 0 Å². The van der Waals surface area contributed by atoms with Crippen LogP contribution in [-0.2, 0) is 22.0 Å². The average molecular weight is 451 g/mol. The van der Waals surface area contributed by atoms with E-state index in [-0.39, 0.29) is 29.5 Å². The summed E-state index contributed by atoms with van der Waals surface area (Å²) in [4.78, 5) is 0. The van der Waals surface area contributed by atoms with Crippen LogP contribution in [0.3, 0.4) is 0 Å². The zero-order chi connectivity index (χ0) is 21.2. The summed E-state index contributed by atoms with van der Waals surface area (Å²) in [5, 5.41) is -0.378. The van der Waals surface area contributed by atoms with Gasteiger partial charge in [0.1, 0.15) is 11.6 Å². The van der Waals surface area contributed by atoms with E-state index in [0.29, 0.717) is 12.2 Å². The van der Waals surface area contributed by atoms with Gasteiger partial charge in [-0.25, -0.2) is 21.5 Å². The molecule has 1 unspecified atom stereocenters. The maximum atomic E-state index is 14.0. The molecular formula is C19H18F5NO2S2. The molecule has 0 amide bonds. The number of benzene rings is 2. The number of sulfonamides is 1. The van der Waals surface area contributed by atoms with Crippen molar-refractivity contribution < 1.29 is 30.4 Å². The third-order valence-electron chi connectivity index (χ3n) is 4.63. The molecule has 0 radical (unpaired) electrons. The van der Waals surface area contributed by atoms with E-state index in [9.17, 15) is 30.4 Å². The largest absolute Gasteiger partial charge is 0.416 e. The van der Waals surface area contributed by atoms with Gasteiger partial charge in [-0.3, -0.25) is 0 Å². The van der Waals surface area contributed by atoms with Crippen molar-refractivity contribution >= 4 is 21.8 Å². The molecule has 1 saturated heterocycles. The van der Waals surface area contributed by atoms with Crippen LogP contribution in [0.2, 0.25) is 0 Å². The normalized spacial score (nSPS) is 19.1. The van der Waals surface area contributed by atoms with Crippen LogP contribution >= 0.6 is 11.8 Å². The van der Waals surface area contributed by atoms with Gasteiger partial charge in [-0.2, -0.15) is 24.9 Å². The Morgan fingerprint density at radius 3 is 2.38 bits per heavy atom. The first-order chi connectivity index (χ1) is 13.6. The lowest BCUT2D eigenvalue weighted by Crippen LogP contribution is -2.34. The molecule has 1 fully saturated rings. The fourth-order valence-electron chi connectivity index (χ4n) is 3.13. The van der Waals surface area contributed by atoms with Crippen molar-refractivity contribution in [2.24, 2.45) is 0 Å². The van der Waals surface area contributed by atoms with Crippen molar-refractivity contribution in [3.8, 4) is 0 Å². The van der Waals surface area contributed by atoms with E-state index in [4.69, 9.17) is 0 Å². The van der Waals surface area contributed by atoms with Crippen LogP contribution < -0.4 is 0 Å². The Balaban J connectivity index is 1.69. The lowest BCUT2D eigenvalue weighted by atomic mass is 10.1. The molecule has 1 aliphatic heterocycles. The van der Waals surface area contributed by atoms with Crippen molar-refractivity contribution in [2.75, 3.05) is 18.8 Å². The lowest BCUT2D eigenvalue weighted by Gasteiger charge is -2.20. The highest BCUT2D eigenvalue weighted by molar-refractivity contribution is 7.99. The number of thioether (sulfide) groups is 1. The maximum absolute atomic E-state index is 14.0. The number of hydrogen-bond acceptors (Lipinski definition) is 3. The third kappa shape index (κ3) is 5.49. The predicted octanol–water partition coefficient (Wildman–Crippen LogP) is 4.99. The monoisotopic (exact) mass is 451 g/mol. The van der Waals surface area contributed by atoms with Crippen LogP contribution in [0.4, 0.5) is 22.0 Å². The summed E-state index contributed by atoms with van der Waals surface area (Å²) < 4.78 is 92.1. The molecule has 158 valence electrons. The molecule has 0 spiro atoms. The zero-order valence-electron chi connectivity index (χ0n) is 15.1. The quantitative estimate of drug-likeness (QED) is 0.615. The van der Waals surface area contributed by atoms with Crippen LogP contribution in [0.1, 0.15) is 28.4 Å². The summed E-state index contributed by atoms with van der Waals surface area (Å²) in [6.45, 7) is 0.317. The zero-order valence-corrected chi connectivity index (χ0v) is 16.8. The summed E-state index contributed by atoms with van der Waals surface area (Å²) in [7, 11) is -3.76. The molecule has 1 atom stereocenters. The van der Waals surface area contributed by atoms with E-state index in [1.807, 2.05) is 0 Å². The smallest absolute Gasteiger partial charge is 0.212 e. The fourth-order valence-corrected chi connectivity index (χ4v) is 6.04. The van der Waals surface area contributed by atoms with Gasteiger partial charge in [0.2, 0.25) is 10.0 Å². The van der Waals surface area contributed by atoms with Gasteiger partial charge in [-0.1, -0.05) is 12.1 Å². The first kappa shape index (κ1) is 22.0. The fraction of sp³-hybridized carbons (Fsp3) is 0.368. The molecule has 3 rings (SSSR count). The van der Waals surface area contributed by atoms with Crippen molar-refractivity contribution in [3.05, 3.63) is 70.8 Å². The third-order valence-corrected chi connectivity index (χ3v) is 7.79. The van der Waals surface area contributed by atoms with Gasteiger partial charge < -0.3 is 0 Å². The Hall–Kier alpha value is -1.65. The molecule has 0 aromatic heterocycles. The first-order valence-electron chi connectivity index (χ1n) is 8.77. The molecule has 1 aliphatic rings. The van der Waals surface area contributed by atoms with Crippen LogP contribution in [0.5, 0.6) is 0 Å². The Morgan fingerprint density at radius 1 is 1.03 bits per heavy atom. The summed E-state index contributed by atoms with van der Waals surface area (Å²) in [5.74, 6) is -1.12. The molecule has 29 heavy (non-hydrogen) atoms. The molecule has 2 aromatic carbocycles. The average Bonchev–Trinajstić information content (AvgIpc) is 2.90. The maximum Gasteiger partial charge on any atom is 0.416 e. The lowest BCUT2D eigenvalue weighted by molar-refractivity contribution is -0.137. The number of nitrogens with zero attached hydrogens (tertiary/aromatic N) is 1. The van der Waals surface area contributed by atoms with E-state index >= 15 is 0 Å². The highest BCUT2D eigenvalue weighted by Crippen LogP contribution is 2.37. The Labute approximate surface area is 170 Å². The molecule has 0 saturated carbocycles. The van der Waals surface area contributed by atoms with Crippen LogP contribution in [-0.4, -0.2) is 31.6 Å². The molecule has 0 bridgehead atoms. The minimum atomic E-state index is -4.49.